The molecule has 3 heteroatoms. The van der Waals surface area contributed by atoms with E-state index >= 15 is 0 Å². The van der Waals surface area contributed by atoms with Crippen LogP contribution in [0, 0.1) is 0 Å². The molecular weight excluding hydrogens is 192 g/mol. The monoisotopic (exact) mass is 208 g/mol. The normalized spacial score (nSPS) is 12.1. The van der Waals surface area contributed by atoms with E-state index in [1.54, 1.807) is 0 Å². The molecule has 0 radical (unpaired) electrons. The Labute approximate surface area is 90.0 Å². The van der Waals surface area contributed by atoms with Crippen LogP contribution in [0.1, 0.15) is 18.9 Å². The molecule has 0 bridgehead atoms. The van der Waals surface area contributed by atoms with Crippen LogP contribution in [-0.4, -0.2) is 19.2 Å². The highest BCUT2D eigenvalue weighted by atomic mass is 16.5. The van der Waals surface area contributed by atoms with Gasteiger partial charge in [-0.3, -0.25) is 4.79 Å². The number of hydrogen-bond donors (Lipinski definition) is 0. The lowest BCUT2D eigenvalue weighted by Crippen LogP contribution is -2.15. The van der Waals surface area contributed by atoms with E-state index in [-0.39, 0.29) is 12.1 Å². The zero-order chi connectivity index (χ0) is 11.1. The SMILES string of the molecule is COC(=O)CC(C)OCc1ccccc1. The minimum absolute atomic E-state index is 0.113. The maximum absolute atomic E-state index is 10.9. The Morgan fingerprint density at radius 1 is 1.33 bits per heavy atom. The van der Waals surface area contributed by atoms with Crippen LogP contribution < -0.4 is 0 Å². The predicted octanol–water partition coefficient (Wildman–Crippen LogP) is 2.15. The molecule has 0 N–H and O–H groups in total. The summed E-state index contributed by atoms with van der Waals surface area (Å²) in [6.07, 6.45) is 0.182. The quantitative estimate of drug-likeness (QED) is 0.695. The zero-order valence-corrected chi connectivity index (χ0v) is 9.10. The Hall–Kier alpha value is -1.35. The van der Waals surface area contributed by atoms with Crippen molar-refractivity contribution in [2.75, 3.05) is 7.11 Å². The minimum Gasteiger partial charge on any atom is -0.469 e. The van der Waals surface area contributed by atoms with E-state index in [1.807, 2.05) is 37.3 Å². The van der Waals surface area contributed by atoms with Crippen LogP contribution in [0.15, 0.2) is 30.3 Å². The predicted molar refractivity (Wildman–Crippen MR) is 57.3 cm³/mol. The van der Waals surface area contributed by atoms with Gasteiger partial charge in [0.25, 0.3) is 0 Å². The van der Waals surface area contributed by atoms with Gasteiger partial charge in [0.2, 0.25) is 0 Å². The molecule has 0 aliphatic rings. The molecule has 1 unspecified atom stereocenters. The van der Waals surface area contributed by atoms with Crippen molar-refractivity contribution >= 4 is 5.97 Å². The van der Waals surface area contributed by atoms with Gasteiger partial charge in [0.05, 0.1) is 26.2 Å². The third kappa shape index (κ3) is 4.61. The number of hydrogen-bond acceptors (Lipinski definition) is 3. The first-order chi connectivity index (χ1) is 7.22. The second kappa shape index (κ2) is 6.19. The van der Waals surface area contributed by atoms with Gasteiger partial charge in [0.1, 0.15) is 0 Å². The van der Waals surface area contributed by atoms with Crippen LogP contribution in [0.2, 0.25) is 0 Å². The van der Waals surface area contributed by atoms with Gasteiger partial charge in [0, 0.05) is 0 Å². The van der Waals surface area contributed by atoms with Gasteiger partial charge in [-0.1, -0.05) is 30.3 Å². The Morgan fingerprint density at radius 3 is 2.60 bits per heavy atom. The Bertz CT molecular complexity index is 295. The lowest BCUT2D eigenvalue weighted by molar-refractivity contribution is -0.143. The summed E-state index contributed by atoms with van der Waals surface area (Å²) in [5, 5.41) is 0. The first-order valence-electron chi connectivity index (χ1n) is 4.94. The smallest absolute Gasteiger partial charge is 0.308 e. The van der Waals surface area contributed by atoms with Crippen molar-refractivity contribution in [2.45, 2.75) is 26.1 Å². The summed E-state index contributed by atoms with van der Waals surface area (Å²) in [4.78, 5) is 10.9. The van der Waals surface area contributed by atoms with Gasteiger partial charge >= 0.3 is 5.97 Å². The third-order valence-corrected chi connectivity index (χ3v) is 2.06. The molecule has 0 saturated carbocycles. The topological polar surface area (TPSA) is 35.5 Å². The largest absolute Gasteiger partial charge is 0.469 e. The number of carbonyl (C=O) groups is 1. The van der Waals surface area contributed by atoms with Crippen LogP contribution in [0.3, 0.4) is 0 Å². The number of benzene rings is 1. The summed E-state index contributed by atoms with van der Waals surface area (Å²) < 4.78 is 10.1. The number of carbonyl (C=O) groups excluding carboxylic acids is 1. The number of methoxy groups -OCH3 is 1. The molecule has 1 aromatic carbocycles. The van der Waals surface area contributed by atoms with Gasteiger partial charge < -0.3 is 9.47 Å². The maximum Gasteiger partial charge on any atom is 0.308 e. The van der Waals surface area contributed by atoms with E-state index in [0.29, 0.717) is 13.0 Å². The summed E-state index contributed by atoms with van der Waals surface area (Å²) >= 11 is 0. The molecule has 1 rings (SSSR count). The van der Waals surface area contributed by atoms with Gasteiger partial charge in [-0.25, -0.2) is 0 Å². The molecule has 82 valence electrons. The number of ether oxygens (including phenoxy) is 2. The summed E-state index contributed by atoms with van der Waals surface area (Å²) in [6, 6.07) is 9.87. The zero-order valence-electron chi connectivity index (χ0n) is 9.10. The van der Waals surface area contributed by atoms with Gasteiger partial charge in [-0.2, -0.15) is 0 Å². The van der Waals surface area contributed by atoms with Crippen molar-refractivity contribution in [3.8, 4) is 0 Å². The fourth-order valence-electron chi connectivity index (χ4n) is 1.19. The van der Waals surface area contributed by atoms with Crippen LogP contribution >= 0.6 is 0 Å². The number of rotatable bonds is 5. The maximum atomic E-state index is 10.9. The molecule has 0 aliphatic heterocycles. The van der Waals surface area contributed by atoms with E-state index in [9.17, 15) is 4.79 Å². The summed E-state index contributed by atoms with van der Waals surface area (Å²) in [6.45, 7) is 2.39. The van der Waals surface area contributed by atoms with Crippen molar-refractivity contribution in [1.29, 1.82) is 0 Å². The first kappa shape index (κ1) is 11.7. The second-order valence-corrected chi connectivity index (χ2v) is 3.39. The fourth-order valence-corrected chi connectivity index (χ4v) is 1.19. The third-order valence-electron chi connectivity index (χ3n) is 2.06. The van der Waals surface area contributed by atoms with E-state index in [4.69, 9.17) is 4.74 Å². The molecule has 0 aromatic heterocycles. The van der Waals surface area contributed by atoms with Crippen molar-refractivity contribution < 1.29 is 14.3 Å². The first-order valence-corrected chi connectivity index (χ1v) is 4.94. The number of esters is 1. The molecule has 0 aliphatic carbocycles. The molecule has 1 atom stereocenters. The fraction of sp³-hybridized carbons (Fsp3) is 0.417. The van der Waals surface area contributed by atoms with Gasteiger partial charge in [0.15, 0.2) is 0 Å². The van der Waals surface area contributed by atoms with Crippen molar-refractivity contribution in [1.82, 2.24) is 0 Å². The van der Waals surface area contributed by atoms with Crippen LogP contribution in [0.25, 0.3) is 0 Å². The molecule has 15 heavy (non-hydrogen) atoms. The van der Waals surface area contributed by atoms with E-state index < -0.39 is 0 Å². The molecule has 0 saturated heterocycles. The Kier molecular flexibility index (Phi) is 4.84. The summed E-state index contributed by atoms with van der Waals surface area (Å²) in [5.74, 6) is -0.240. The average molecular weight is 208 g/mol. The molecule has 1 aromatic rings. The highest BCUT2D eigenvalue weighted by Gasteiger charge is 2.09. The molecule has 0 spiro atoms. The van der Waals surface area contributed by atoms with Crippen molar-refractivity contribution in [3.63, 3.8) is 0 Å². The van der Waals surface area contributed by atoms with Crippen molar-refractivity contribution in [3.05, 3.63) is 35.9 Å². The summed E-state index contributed by atoms with van der Waals surface area (Å²) in [7, 11) is 1.38. The Balaban J connectivity index is 2.28. The molecule has 0 amide bonds. The van der Waals surface area contributed by atoms with Crippen molar-refractivity contribution in [2.24, 2.45) is 0 Å². The van der Waals surface area contributed by atoms with Crippen LogP contribution in [-0.2, 0) is 20.9 Å². The second-order valence-electron chi connectivity index (χ2n) is 3.39. The standard InChI is InChI=1S/C12H16O3/c1-10(8-12(13)14-2)15-9-11-6-4-3-5-7-11/h3-7,10H,8-9H2,1-2H3. The lowest BCUT2D eigenvalue weighted by Gasteiger charge is -2.11. The molecule has 0 heterocycles. The molecule has 0 fully saturated rings. The van der Waals surface area contributed by atoms with Gasteiger partial charge in [-0.15, -0.1) is 0 Å². The highest BCUT2D eigenvalue weighted by molar-refractivity contribution is 5.69. The van der Waals surface area contributed by atoms with Crippen LogP contribution in [0.5, 0.6) is 0 Å². The molecular formula is C12H16O3. The lowest BCUT2D eigenvalue weighted by atomic mass is 10.2. The Morgan fingerprint density at radius 2 is 2.00 bits per heavy atom. The average Bonchev–Trinajstić information content (AvgIpc) is 2.27. The van der Waals surface area contributed by atoms with E-state index in [2.05, 4.69) is 4.74 Å². The molecule has 3 nitrogen and oxygen atoms in total. The van der Waals surface area contributed by atoms with E-state index in [1.165, 1.54) is 7.11 Å². The highest BCUT2D eigenvalue weighted by Crippen LogP contribution is 2.05. The van der Waals surface area contributed by atoms with Gasteiger partial charge in [-0.05, 0) is 12.5 Å². The van der Waals surface area contributed by atoms with E-state index in [0.717, 1.165) is 5.56 Å². The minimum atomic E-state index is -0.240. The van der Waals surface area contributed by atoms with Crippen LogP contribution in [0.4, 0.5) is 0 Å². The summed E-state index contributed by atoms with van der Waals surface area (Å²) in [5.41, 5.74) is 1.11.